The first-order valence-electron chi connectivity index (χ1n) is 8.07. The molecule has 0 bridgehead atoms. The quantitative estimate of drug-likeness (QED) is 0.841. The van der Waals surface area contributed by atoms with Crippen LogP contribution in [-0.2, 0) is 0 Å². The first kappa shape index (κ1) is 16.9. The molecule has 0 saturated carbocycles. The van der Waals surface area contributed by atoms with Gasteiger partial charge in [0.25, 0.3) is 0 Å². The van der Waals surface area contributed by atoms with Gasteiger partial charge in [0, 0.05) is 49.0 Å². The number of H-pyrrole nitrogens is 1. The Hall–Kier alpha value is -1.99. The normalized spacial score (nSPS) is 15.7. The molecule has 2 aromatic heterocycles. The van der Waals surface area contributed by atoms with Crippen molar-refractivity contribution in [1.82, 2.24) is 14.9 Å². The molecule has 128 valence electrons. The van der Waals surface area contributed by atoms with Crippen molar-refractivity contribution in [1.29, 1.82) is 0 Å². The van der Waals surface area contributed by atoms with E-state index in [4.69, 9.17) is 0 Å². The number of aromatic amines is 1. The predicted molar refractivity (Wildman–Crippen MR) is 95.4 cm³/mol. The van der Waals surface area contributed by atoms with Crippen molar-refractivity contribution in [2.75, 3.05) is 37.6 Å². The maximum Gasteiger partial charge on any atom is 0.193 e. The summed E-state index contributed by atoms with van der Waals surface area (Å²) >= 11 is 1.64. The smallest absolute Gasteiger partial charge is 0.193 e. The molecule has 0 aromatic carbocycles. The molecule has 0 amide bonds. The van der Waals surface area contributed by atoms with Gasteiger partial charge < -0.3 is 9.88 Å². The number of nitrogens with one attached hydrogen (secondary N) is 1. The maximum atomic E-state index is 12.6. The number of thiazole rings is 1. The second kappa shape index (κ2) is 6.86. The van der Waals surface area contributed by atoms with Crippen LogP contribution in [0, 0.1) is 13.8 Å². The lowest BCUT2D eigenvalue weighted by Gasteiger charge is -2.34. The summed E-state index contributed by atoms with van der Waals surface area (Å²) in [5.74, 6) is 0.0446. The molecule has 7 heteroatoms. The largest absolute Gasteiger partial charge is 0.355 e. The zero-order chi connectivity index (χ0) is 17.3. The third kappa shape index (κ3) is 3.27. The standard InChI is InChI=1S/C17H22N4O2S/c1-11-15(13(3)22)12(2)19-16(11)14(23)10-20-5-7-21(8-6-20)17-18-4-9-24-17/h4,9,19H,5-8,10H2,1-3H3. The molecule has 6 nitrogen and oxygen atoms in total. The minimum Gasteiger partial charge on any atom is -0.355 e. The Morgan fingerprint density at radius 2 is 1.96 bits per heavy atom. The van der Waals surface area contributed by atoms with Gasteiger partial charge in [0.15, 0.2) is 16.7 Å². The summed E-state index contributed by atoms with van der Waals surface area (Å²) in [5, 5.41) is 3.02. The van der Waals surface area contributed by atoms with Gasteiger partial charge in [-0.15, -0.1) is 11.3 Å². The molecule has 3 heterocycles. The molecule has 0 atom stereocenters. The summed E-state index contributed by atoms with van der Waals surface area (Å²) in [6.07, 6.45) is 1.82. The Morgan fingerprint density at radius 1 is 1.25 bits per heavy atom. The highest BCUT2D eigenvalue weighted by atomic mass is 32.1. The van der Waals surface area contributed by atoms with Gasteiger partial charge in [-0.2, -0.15) is 0 Å². The summed E-state index contributed by atoms with van der Waals surface area (Å²) in [6, 6.07) is 0. The number of carbonyl (C=O) groups excluding carboxylic acids is 2. The van der Waals surface area contributed by atoms with Gasteiger partial charge in [-0.25, -0.2) is 4.98 Å². The van der Waals surface area contributed by atoms with E-state index >= 15 is 0 Å². The summed E-state index contributed by atoms with van der Waals surface area (Å²) in [7, 11) is 0. The Labute approximate surface area is 145 Å². The molecule has 3 rings (SSSR count). The summed E-state index contributed by atoms with van der Waals surface area (Å²) < 4.78 is 0. The van der Waals surface area contributed by atoms with Crippen molar-refractivity contribution in [2.45, 2.75) is 20.8 Å². The van der Waals surface area contributed by atoms with Crippen LogP contribution in [0.4, 0.5) is 5.13 Å². The molecule has 0 unspecified atom stereocenters. The second-order valence-corrected chi connectivity index (χ2v) is 7.06. The van der Waals surface area contributed by atoms with E-state index in [1.165, 1.54) is 6.92 Å². The molecule has 24 heavy (non-hydrogen) atoms. The number of anilines is 1. The van der Waals surface area contributed by atoms with E-state index in [1.807, 2.05) is 25.4 Å². The van der Waals surface area contributed by atoms with Crippen molar-refractivity contribution >= 4 is 28.0 Å². The highest BCUT2D eigenvalue weighted by molar-refractivity contribution is 7.13. The van der Waals surface area contributed by atoms with E-state index in [9.17, 15) is 9.59 Å². The fourth-order valence-electron chi connectivity index (χ4n) is 3.31. The summed E-state index contributed by atoms with van der Waals surface area (Å²) in [5.41, 5.74) is 2.76. The fraction of sp³-hybridized carbons (Fsp3) is 0.471. The third-order valence-corrected chi connectivity index (χ3v) is 5.33. The lowest BCUT2D eigenvalue weighted by atomic mass is 10.1. The van der Waals surface area contributed by atoms with Crippen molar-refractivity contribution in [2.24, 2.45) is 0 Å². The zero-order valence-electron chi connectivity index (χ0n) is 14.3. The van der Waals surface area contributed by atoms with Crippen LogP contribution in [0.25, 0.3) is 0 Å². The summed E-state index contributed by atoms with van der Waals surface area (Å²) in [4.78, 5) is 36.2. The van der Waals surface area contributed by atoms with E-state index in [0.717, 1.165) is 42.6 Å². The minimum atomic E-state index is -0.00244. The van der Waals surface area contributed by atoms with Crippen molar-refractivity contribution in [3.8, 4) is 0 Å². The third-order valence-electron chi connectivity index (χ3n) is 4.50. The van der Waals surface area contributed by atoms with Crippen LogP contribution in [0.1, 0.15) is 39.0 Å². The molecule has 1 aliphatic heterocycles. The van der Waals surface area contributed by atoms with E-state index in [0.29, 0.717) is 17.8 Å². The average Bonchev–Trinajstić information content (AvgIpc) is 3.16. The first-order valence-corrected chi connectivity index (χ1v) is 8.95. The fourth-order valence-corrected chi connectivity index (χ4v) is 4.01. The number of hydrogen-bond acceptors (Lipinski definition) is 6. The number of nitrogens with zero attached hydrogens (tertiary/aromatic N) is 3. The number of piperazine rings is 1. The van der Waals surface area contributed by atoms with Crippen molar-refractivity contribution in [3.63, 3.8) is 0 Å². The Morgan fingerprint density at radius 3 is 2.50 bits per heavy atom. The van der Waals surface area contributed by atoms with Gasteiger partial charge >= 0.3 is 0 Å². The van der Waals surface area contributed by atoms with Crippen LogP contribution >= 0.6 is 11.3 Å². The van der Waals surface area contributed by atoms with Crippen molar-refractivity contribution < 1.29 is 9.59 Å². The number of carbonyl (C=O) groups is 2. The lowest BCUT2D eigenvalue weighted by Crippen LogP contribution is -2.48. The number of aryl methyl sites for hydroxylation is 1. The monoisotopic (exact) mass is 346 g/mol. The molecular formula is C17H22N4O2S. The minimum absolute atomic E-state index is 0.00244. The molecular weight excluding hydrogens is 324 g/mol. The molecule has 1 aliphatic rings. The van der Waals surface area contributed by atoms with Crippen LogP contribution < -0.4 is 4.90 Å². The Kier molecular flexibility index (Phi) is 4.82. The second-order valence-electron chi connectivity index (χ2n) is 6.18. The SMILES string of the molecule is CC(=O)c1c(C)[nH]c(C(=O)CN2CCN(c3nccs3)CC2)c1C. The highest BCUT2D eigenvalue weighted by Gasteiger charge is 2.24. The van der Waals surface area contributed by atoms with Crippen LogP contribution in [0.3, 0.4) is 0 Å². The summed E-state index contributed by atoms with van der Waals surface area (Å²) in [6.45, 7) is 9.03. The first-order chi connectivity index (χ1) is 11.5. The molecule has 0 radical (unpaired) electrons. The highest BCUT2D eigenvalue weighted by Crippen LogP contribution is 2.21. The Balaban J connectivity index is 1.62. The van der Waals surface area contributed by atoms with Crippen LogP contribution in [0.2, 0.25) is 0 Å². The molecule has 1 saturated heterocycles. The molecule has 0 aliphatic carbocycles. The van der Waals surface area contributed by atoms with Crippen molar-refractivity contribution in [3.05, 3.63) is 34.1 Å². The van der Waals surface area contributed by atoms with Gasteiger partial charge in [-0.1, -0.05) is 0 Å². The van der Waals surface area contributed by atoms with E-state index < -0.39 is 0 Å². The van der Waals surface area contributed by atoms with E-state index in [-0.39, 0.29) is 11.6 Å². The number of hydrogen-bond donors (Lipinski definition) is 1. The van der Waals surface area contributed by atoms with E-state index in [2.05, 4.69) is 19.8 Å². The number of Topliss-reactive ketones (excluding diaryl/α,β-unsaturated/α-hetero) is 2. The van der Waals surface area contributed by atoms with Crippen LogP contribution in [0.15, 0.2) is 11.6 Å². The lowest BCUT2D eigenvalue weighted by molar-refractivity contribution is 0.0921. The number of rotatable bonds is 5. The molecule has 2 aromatic rings. The molecule has 1 fully saturated rings. The average molecular weight is 346 g/mol. The topological polar surface area (TPSA) is 69.3 Å². The van der Waals surface area contributed by atoms with Gasteiger partial charge in [0.2, 0.25) is 0 Å². The van der Waals surface area contributed by atoms with E-state index in [1.54, 1.807) is 11.3 Å². The zero-order valence-corrected chi connectivity index (χ0v) is 15.1. The predicted octanol–water partition coefficient (Wildman–Crippen LogP) is 2.30. The van der Waals surface area contributed by atoms with Gasteiger partial charge in [0.1, 0.15) is 0 Å². The van der Waals surface area contributed by atoms with Gasteiger partial charge in [-0.05, 0) is 26.3 Å². The number of ketones is 2. The maximum absolute atomic E-state index is 12.6. The molecule has 0 spiro atoms. The number of aromatic nitrogens is 2. The van der Waals surface area contributed by atoms with Gasteiger partial charge in [-0.3, -0.25) is 14.5 Å². The van der Waals surface area contributed by atoms with Gasteiger partial charge in [0.05, 0.1) is 12.2 Å². The van der Waals surface area contributed by atoms with Crippen LogP contribution in [0.5, 0.6) is 0 Å². The molecule has 1 N–H and O–H groups in total. The Bertz CT molecular complexity index is 743. The van der Waals surface area contributed by atoms with Crippen LogP contribution in [-0.4, -0.2) is 59.2 Å².